The third-order valence-corrected chi connectivity index (χ3v) is 4.97. The molecule has 2 aliphatic rings. The zero-order valence-electron chi connectivity index (χ0n) is 14.7. The SMILES string of the molecule is CC1CN(C(N)=NCc2nn(-c3ccccc3)c3c2CCC3)CCO1. The van der Waals surface area contributed by atoms with Crippen molar-refractivity contribution in [3.05, 3.63) is 47.3 Å². The van der Waals surface area contributed by atoms with Gasteiger partial charge in [0, 0.05) is 18.8 Å². The molecule has 25 heavy (non-hydrogen) atoms. The van der Waals surface area contributed by atoms with Gasteiger partial charge in [-0.3, -0.25) is 0 Å². The summed E-state index contributed by atoms with van der Waals surface area (Å²) in [6.45, 7) is 4.91. The molecule has 1 aliphatic heterocycles. The fourth-order valence-corrected chi connectivity index (χ4v) is 3.71. The van der Waals surface area contributed by atoms with E-state index >= 15 is 0 Å². The molecule has 0 saturated carbocycles. The van der Waals surface area contributed by atoms with Crippen LogP contribution < -0.4 is 5.73 Å². The molecule has 6 heteroatoms. The van der Waals surface area contributed by atoms with E-state index in [-0.39, 0.29) is 6.10 Å². The fourth-order valence-electron chi connectivity index (χ4n) is 3.71. The zero-order valence-corrected chi connectivity index (χ0v) is 14.7. The number of nitrogens with two attached hydrogens (primary N) is 1. The van der Waals surface area contributed by atoms with E-state index in [1.807, 2.05) is 18.2 Å². The van der Waals surface area contributed by atoms with Crippen molar-refractivity contribution in [3.8, 4) is 5.69 Å². The van der Waals surface area contributed by atoms with Gasteiger partial charge in [-0.25, -0.2) is 9.67 Å². The average molecular weight is 339 g/mol. The van der Waals surface area contributed by atoms with Gasteiger partial charge >= 0.3 is 0 Å². The van der Waals surface area contributed by atoms with Crippen molar-refractivity contribution in [3.63, 3.8) is 0 Å². The van der Waals surface area contributed by atoms with Crippen LogP contribution in [0.5, 0.6) is 0 Å². The standard InChI is InChI=1S/C19H25N5O/c1-14-13-23(10-11-25-14)19(20)21-12-17-16-8-5-9-18(16)24(22-17)15-6-3-2-4-7-15/h2-4,6-7,14H,5,8-13H2,1H3,(H2,20,21). The molecule has 1 aromatic carbocycles. The number of rotatable bonds is 3. The summed E-state index contributed by atoms with van der Waals surface area (Å²) in [6, 6.07) is 10.3. The van der Waals surface area contributed by atoms with Crippen molar-refractivity contribution in [2.24, 2.45) is 10.7 Å². The first-order valence-electron chi connectivity index (χ1n) is 9.04. The number of para-hydroxylation sites is 1. The van der Waals surface area contributed by atoms with E-state index in [4.69, 9.17) is 15.6 Å². The van der Waals surface area contributed by atoms with Crippen molar-refractivity contribution in [2.45, 2.75) is 38.8 Å². The molecule has 1 aromatic heterocycles. The molecule has 0 bridgehead atoms. The number of hydrogen-bond acceptors (Lipinski definition) is 3. The molecular formula is C19H25N5O. The maximum Gasteiger partial charge on any atom is 0.191 e. The van der Waals surface area contributed by atoms with Crippen LogP contribution >= 0.6 is 0 Å². The molecule has 0 spiro atoms. The van der Waals surface area contributed by atoms with Crippen LogP contribution in [0.25, 0.3) is 5.69 Å². The number of hydrogen-bond donors (Lipinski definition) is 1. The quantitative estimate of drug-likeness (QED) is 0.685. The maximum absolute atomic E-state index is 6.21. The smallest absolute Gasteiger partial charge is 0.191 e. The molecule has 2 N–H and O–H groups in total. The summed E-state index contributed by atoms with van der Waals surface area (Å²) >= 11 is 0. The fraction of sp³-hybridized carbons (Fsp3) is 0.474. The summed E-state index contributed by atoms with van der Waals surface area (Å²) in [7, 11) is 0. The summed E-state index contributed by atoms with van der Waals surface area (Å²) in [4.78, 5) is 6.73. The van der Waals surface area contributed by atoms with E-state index in [1.165, 1.54) is 17.7 Å². The van der Waals surface area contributed by atoms with E-state index in [9.17, 15) is 0 Å². The Hall–Kier alpha value is -2.34. The van der Waals surface area contributed by atoms with Crippen LogP contribution in [0.3, 0.4) is 0 Å². The largest absolute Gasteiger partial charge is 0.375 e. The number of nitrogens with zero attached hydrogens (tertiary/aromatic N) is 4. The summed E-state index contributed by atoms with van der Waals surface area (Å²) in [6.07, 6.45) is 3.55. The Balaban J connectivity index is 1.56. The highest BCUT2D eigenvalue weighted by Crippen LogP contribution is 2.28. The van der Waals surface area contributed by atoms with Gasteiger partial charge in [0.2, 0.25) is 0 Å². The molecule has 2 heterocycles. The van der Waals surface area contributed by atoms with Crippen molar-refractivity contribution < 1.29 is 4.74 Å². The molecule has 1 fully saturated rings. The molecule has 6 nitrogen and oxygen atoms in total. The highest BCUT2D eigenvalue weighted by atomic mass is 16.5. The number of aliphatic imine (C=N–C) groups is 1. The zero-order chi connectivity index (χ0) is 17.2. The highest BCUT2D eigenvalue weighted by Gasteiger charge is 2.23. The van der Waals surface area contributed by atoms with Crippen LogP contribution in [-0.4, -0.2) is 46.4 Å². The van der Waals surface area contributed by atoms with E-state index in [2.05, 4.69) is 33.6 Å². The molecule has 0 radical (unpaired) electrons. The van der Waals surface area contributed by atoms with Crippen molar-refractivity contribution in [2.75, 3.05) is 19.7 Å². The van der Waals surface area contributed by atoms with E-state index in [0.717, 1.165) is 37.3 Å². The summed E-state index contributed by atoms with van der Waals surface area (Å²) < 4.78 is 7.65. The molecule has 2 aromatic rings. The Morgan fingerprint density at radius 1 is 1.32 bits per heavy atom. The number of fused-ring (bicyclic) bond motifs is 1. The number of benzene rings is 1. The van der Waals surface area contributed by atoms with Crippen LogP contribution in [0.2, 0.25) is 0 Å². The predicted octanol–water partition coefficient (Wildman–Crippen LogP) is 1.90. The van der Waals surface area contributed by atoms with Crippen molar-refractivity contribution >= 4 is 5.96 Å². The van der Waals surface area contributed by atoms with Gasteiger partial charge in [-0.1, -0.05) is 18.2 Å². The minimum absolute atomic E-state index is 0.198. The lowest BCUT2D eigenvalue weighted by Crippen LogP contribution is -2.47. The monoisotopic (exact) mass is 339 g/mol. The molecule has 1 aliphatic carbocycles. The molecule has 1 atom stereocenters. The molecule has 0 amide bonds. The number of aromatic nitrogens is 2. The Bertz CT molecular complexity index is 768. The van der Waals surface area contributed by atoms with Gasteiger partial charge in [-0.15, -0.1) is 0 Å². The normalized spacial score (nSPS) is 20.8. The second-order valence-corrected chi connectivity index (χ2v) is 6.77. The lowest BCUT2D eigenvalue weighted by Gasteiger charge is -2.31. The molecular weight excluding hydrogens is 314 g/mol. The van der Waals surface area contributed by atoms with Crippen molar-refractivity contribution in [1.82, 2.24) is 14.7 Å². The number of morpholine rings is 1. The van der Waals surface area contributed by atoms with Crippen LogP contribution in [0.4, 0.5) is 0 Å². The summed E-state index contributed by atoms with van der Waals surface area (Å²) in [5, 5.41) is 4.84. The van der Waals surface area contributed by atoms with Crippen LogP contribution in [-0.2, 0) is 24.1 Å². The first-order valence-corrected chi connectivity index (χ1v) is 9.04. The van der Waals surface area contributed by atoms with E-state index in [0.29, 0.717) is 19.1 Å². The lowest BCUT2D eigenvalue weighted by molar-refractivity contribution is 0.00528. The second kappa shape index (κ2) is 6.88. The summed E-state index contributed by atoms with van der Waals surface area (Å²) in [5.74, 6) is 0.594. The maximum atomic E-state index is 6.21. The summed E-state index contributed by atoms with van der Waals surface area (Å²) in [5.41, 5.74) is 11.1. The van der Waals surface area contributed by atoms with Gasteiger partial charge in [-0.05, 0) is 43.9 Å². The number of ether oxygens (including phenoxy) is 1. The molecule has 4 rings (SSSR count). The third-order valence-electron chi connectivity index (χ3n) is 4.97. The van der Waals surface area contributed by atoms with Gasteiger partial charge in [0.05, 0.1) is 30.6 Å². The highest BCUT2D eigenvalue weighted by molar-refractivity contribution is 5.78. The van der Waals surface area contributed by atoms with Crippen molar-refractivity contribution in [1.29, 1.82) is 0 Å². The Kier molecular flexibility index (Phi) is 4.44. The van der Waals surface area contributed by atoms with Gasteiger partial charge in [0.1, 0.15) is 0 Å². The van der Waals surface area contributed by atoms with E-state index in [1.54, 1.807) is 0 Å². The molecule has 132 valence electrons. The average Bonchev–Trinajstić information content (AvgIpc) is 3.23. The molecule has 1 unspecified atom stereocenters. The van der Waals surface area contributed by atoms with Crippen LogP contribution in [0, 0.1) is 0 Å². The van der Waals surface area contributed by atoms with Gasteiger partial charge < -0.3 is 15.4 Å². The first-order chi connectivity index (χ1) is 12.2. The van der Waals surface area contributed by atoms with Crippen LogP contribution in [0.15, 0.2) is 35.3 Å². The van der Waals surface area contributed by atoms with E-state index < -0.39 is 0 Å². The van der Waals surface area contributed by atoms with Crippen LogP contribution in [0.1, 0.15) is 30.3 Å². The Morgan fingerprint density at radius 2 is 2.16 bits per heavy atom. The predicted molar refractivity (Wildman–Crippen MR) is 97.9 cm³/mol. The second-order valence-electron chi connectivity index (χ2n) is 6.77. The minimum atomic E-state index is 0.198. The number of guanidine groups is 1. The minimum Gasteiger partial charge on any atom is -0.375 e. The third kappa shape index (κ3) is 3.26. The Morgan fingerprint density at radius 3 is 2.96 bits per heavy atom. The molecule has 1 saturated heterocycles. The van der Waals surface area contributed by atoms with Gasteiger partial charge in [-0.2, -0.15) is 5.10 Å². The lowest BCUT2D eigenvalue weighted by atomic mass is 10.2. The first kappa shape index (κ1) is 16.1. The topological polar surface area (TPSA) is 68.7 Å². The Labute approximate surface area is 148 Å². The van der Waals surface area contributed by atoms with Gasteiger partial charge in [0.15, 0.2) is 5.96 Å². The van der Waals surface area contributed by atoms with Gasteiger partial charge in [0.25, 0.3) is 0 Å².